The minimum absolute atomic E-state index is 0.129. The molecule has 1 heterocycles. The fourth-order valence-corrected chi connectivity index (χ4v) is 4.96. The van der Waals surface area contributed by atoms with Crippen LogP contribution in [-0.2, 0) is 22.4 Å². The Morgan fingerprint density at radius 1 is 1.03 bits per heavy atom. The summed E-state index contributed by atoms with van der Waals surface area (Å²) in [6, 6.07) is 17.5. The topological polar surface area (TPSA) is 110 Å². The number of amides is 2. The molecule has 3 aromatic rings. The maximum absolute atomic E-state index is 13.9. The Labute approximate surface area is 221 Å². The third-order valence-electron chi connectivity index (χ3n) is 6.84. The largest absolute Gasteiger partial charge is 0.493 e. The number of carbonyl (C=O) groups excluding carboxylic acids is 2. The second-order valence-corrected chi connectivity index (χ2v) is 10.1. The number of carbonyl (C=O) groups is 3. The molecule has 3 N–H and O–H groups in total. The Balaban J connectivity index is 1.66. The van der Waals surface area contributed by atoms with Crippen LogP contribution >= 0.6 is 0 Å². The first-order chi connectivity index (χ1) is 18.0. The average molecular weight is 519 g/mol. The lowest BCUT2D eigenvalue weighted by Crippen LogP contribution is -2.57. The Hall–Kier alpha value is -4.20. The molecule has 3 aromatic carbocycles. The lowest BCUT2D eigenvalue weighted by molar-refractivity contribution is -0.144. The summed E-state index contributed by atoms with van der Waals surface area (Å²) in [4.78, 5) is 39.0. The molecule has 0 unspecified atom stereocenters. The van der Waals surface area contributed by atoms with Crippen molar-refractivity contribution in [3.63, 3.8) is 0 Å². The van der Waals surface area contributed by atoms with E-state index < -0.39 is 29.4 Å². The molecule has 2 amide bonds. The molecule has 0 saturated heterocycles. The van der Waals surface area contributed by atoms with Crippen molar-refractivity contribution in [2.45, 2.75) is 51.1 Å². The highest BCUT2D eigenvalue weighted by Crippen LogP contribution is 2.32. The monoisotopic (exact) mass is 518 g/mol. The number of benzene rings is 3. The van der Waals surface area contributed by atoms with Gasteiger partial charge in [-0.3, -0.25) is 9.59 Å². The molecule has 198 valence electrons. The van der Waals surface area contributed by atoms with E-state index in [9.17, 15) is 23.9 Å². The highest BCUT2D eigenvalue weighted by atomic mass is 19.1. The van der Waals surface area contributed by atoms with Crippen molar-refractivity contribution in [3.05, 3.63) is 89.2 Å². The molecule has 0 aromatic heterocycles. The van der Waals surface area contributed by atoms with Crippen molar-refractivity contribution >= 4 is 17.8 Å². The second kappa shape index (κ2) is 11.0. The van der Waals surface area contributed by atoms with Crippen molar-refractivity contribution in [3.8, 4) is 16.9 Å². The third-order valence-corrected chi connectivity index (χ3v) is 6.84. The highest BCUT2D eigenvalue weighted by molar-refractivity contribution is 5.97. The number of nitrogens with zero attached hydrogens (tertiary/aromatic N) is 1. The lowest BCUT2D eigenvalue weighted by Gasteiger charge is -2.42. The van der Waals surface area contributed by atoms with E-state index >= 15 is 0 Å². The summed E-state index contributed by atoms with van der Waals surface area (Å²) < 4.78 is 19.1. The lowest BCUT2D eigenvalue weighted by atomic mass is 9.89. The molecular formula is C30H31FN2O5. The van der Waals surface area contributed by atoms with Gasteiger partial charge in [0.25, 0.3) is 5.91 Å². The van der Waals surface area contributed by atoms with Crippen molar-refractivity contribution in [2.75, 3.05) is 6.61 Å². The standard InChI is InChI=1S/C30H31FN2O5/c1-30(2,18-19-3-11-24(31)12-4-19)33(25(29(36)37)13-14-27(32)34)28(35)22-8-5-20(6-9-22)23-10-7-21-15-16-38-26(21)17-23/h3-12,17,25H,13-16,18H2,1-2H3,(H2,32,34)(H,36,37)/t25-/m0/s1. The van der Waals surface area contributed by atoms with E-state index in [1.54, 1.807) is 38.1 Å². The maximum atomic E-state index is 13.9. The van der Waals surface area contributed by atoms with Crippen LogP contribution in [0, 0.1) is 5.82 Å². The van der Waals surface area contributed by atoms with Gasteiger partial charge in [0, 0.05) is 23.9 Å². The van der Waals surface area contributed by atoms with E-state index in [1.165, 1.54) is 17.0 Å². The van der Waals surface area contributed by atoms with Gasteiger partial charge in [-0.1, -0.05) is 36.4 Å². The molecule has 0 bridgehead atoms. The molecule has 7 nitrogen and oxygen atoms in total. The predicted molar refractivity (Wildman–Crippen MR) is 141 cm³/mol. The van der Waals surface area contributed by atoms with E-state index in [0.29, 0.717) is 12.2 Å². The quantitative estimate of drug-likeness (QED) is 0.407. The van der Waals surface area contributed by atoms with Crippen LogP contribution in [0.2, 0.25) is 0 Å². The minimum atomic E-state index is -1.29. The van der Waals surface area contributed by atoms with Gasteiger partial charge in [-0.05, 0) is 79.3 Å². The smallest absolute Gasteiger partial charge is 0.326 e. The van der Waals surface area contributed by atoms with Crippen LogP contribution < -0.4 is 10.5 Å². The van der Waals surface area contributed by atoms with Crippen molar-refractivity contribution in [2.24, 2.45) is 5.73 Å². The van der Waals surface area contributed by atoms with Gasteiger partial charge in [0.2, 0.25) is 5.91 Å². The summed E-state index contributed by atoms with van der Waals surface area (Å²) in [5.41, 5.74) is 8.35. The number of rotatable bonds is 10. The molecular weight excluding hydrogens is 487 g/mol. The van der Waals surface area contributed by atoms with Gasteiger partial charge in [-0.25, -0.2) is 9.18 Å². The molecule has 0 aliphatic carbocycles. The Morgan fingerprint density at radius 3 is 2.32 bits per heavy atom. The summed E-state index contributed by atoms with van der Waals surface area (Å²) >= 11 is 0. The number of fused-ring (bicyclic) bond motifs is 1. The van der Waals surface area contributed by atoms with Crippen molar-refractivity contribution in [1.82, 2.24) is 4.90 Å². The summed E-state index contributed by atoms with van der Waals surface area (Å²) in [5, 5.41) is 10.1. The van der Waals surface area contributed by atoms with Crippen LogP contribution in [0.1, 0.15) is 48.2 Å². The average Bonchev–Trinajstić information content (AvgIpc) is 3.35. The van der Waals surface area contributed by atoms with E-state index in [4.69, 9.17) is 10.5 Å². The van der Waals surface area contributed by atoms with Crippen LogP contribution in [0.4, 0.5) is 4.39 Å². The molecule has 0 saturated carbocycles. The fraction of sp³-hybridized carbons (Fsp3) is 0.300. The van der Waals surface area contributed by atoms with Gasteiger partial charge in [-0.15, -0.1) is 0 Å². The fourth-order valence-electron chi connectivity index (χ4n) is 4.96. The SMILES string of the molecule is CC(C)(Cc1ccc(F)cc1)N(C(=O)c1ccc(-c2ccc3c(c2)OCC3)cc1)[C@@H](CCC(N)=O)C(=O)O. The number of hydrogen-bond acceptors (Lipinski definition) is 4. The number of ether oxygens (including phenoxy) is 1. The third kappa shape index (κ3) is 6.02. The molecule has 8 heteroatoms. The van der Waals surface area contributed by atoms with E-state index in [-0.39, 0.29) is 25.1 Å². The molecule has 1 atom stereocenters. The Morgan fingerprint density at radius 2 is 1.68 bits per heavy atom. The van der Waals surface area contributed by atoms with E-state index in [2.05, 4.69) is 0 Å². The molecule has 1 aliphatic heterocycles. The van der Waals surface area contributed by atoms with Crippen LogP contribution in [0.15, 0.2) is 66.7 Å². The Kier molecular flexibility index (Phi) is 7.80. The van der Waals surface area contributed by atoms with Gasteiger partial charge in [0.15, 0.2) is 0 Å². The molecule has 38 heavy (non-hydrogen) atoms. The van der Waals surface area contributed by atoms with Crippen LogP contribution in [0.3, 0.4) is 0 Å². The molecule has 0 spiro atoms. The summed E-state index contributed by atoms with van der Waals surface area (Å²) in [6.45, 7) is 4.18. The zero-order valence-electron chi connectivity index (χ0n) is 21.4. The first-order valence-electron chi connectivity index (χ1n) is 12.5. The van der Waals surface area contributed by atoms with Gasteiger partial charge < -0.3 is 20.5 Å². The maximum Gasteiger partial charge on any atom is 0.326 e. The normalized spacial score (nSPS) is 13.3. The zero-order valence-corrected chi connectivity index (χ0v) is 21.4. The van der Waals surface area contributed by atoms with Crippen molar-refractivity contribution in [1.29, 1.82) is 0 Å². The van der Waals surface area contributed by atoms with E-state index in [0.717, 1.165) is 34.4 Å². The molecule has 1 aliphatic rings. The highest BCUT2D eigenvalue weighted by Gasteiger charge is 2.40. The molecule has 4 rings (SSSR count). The minimum Gasteiger partial charge on any atom is -0.493 e. The van der Waals surface area contributed by atoms with Crippen LogP contribution in [0.25, 0.3) is 11.1 Å². The first kappa shape index (κ1) is 26.9. The van der Waals surface area contributed by atoms with Gasteiger partial charge in [-0.2, -0.15) is 0 Å². The van der Waals surface area contributed by atoms with Gasteiger partial charge in [0.1, 0.15) is 17.6 Å². The van der Waals surface area contributed by atoms with Gasteiger partial charge >= 0.3 is 5.97 Å². The number of carboxylic acids is 1. The number of aliphatic carboxylic acids is 1. The zero-order chi connectivity index (χ0) is 27.4. The molecule has 0 fully saturated rings. The molecule has 0 radical (unpaired) electrons. The summed E-state index contributed by atoms with van der Waals surface area (Å²) in [7, 11) is 0. The van der Waals surface area contributed by atoms with Crippen LogP contribution in [-0.4, -0.2) is 46.0 Å². The second-order valence-electron chi connectivity index (χ2n) is 10.1. The number of carboxylic acid groups (broad SMARTS) is 1. The Bertz CT molecular complexity index is 1340. The number of halogens is 1. The van der Waals surface area contributed by atoms with Gasteiger partial charge in [0.05, 0.1) is 6.61 Å². The van der Waals surface area contributed by atoms with Crippen LogP contribution in [0.5, 0.6) is 5.75 Å². The first-order valence-corrected chi connectivity index (χ1v) is 12.5. The predicted octanol–water partition coefficient (Wildman–Crippen LogP) is 4.61. The van der Waals surface area contributed by atoms with E-state index in [1.807, 2.05) is 30.3 Å². The summed E-state index contributed by atoms with van der Waals surface area (Å²) in [5.74, 6) is -1.91. The number of primary amides is 1. The summed E-state index contributed by atoms with van der Waals surface area (Å²) in [6.07, 6.45) is 0.836. The number of nitrogens with two attached hydrogens (primary N) is 1. The number of hydrogen-bond donors (Lipinski definition) is 2. The van der Waals surface area contributed by atoms with Crippen molar-refractivity contribution < 1.29 is 28.6 Å².